The van der Waals surface area contributed by atoms with E-state index in [1.165, 1.54) is 0 Å². The zero-order valence-electron chi connectivity index (χ0n) is 14.6. The van der Waals surface area contributed by atoms with Crippen LogP contribution >= 0.6 is 11.6 Å². The van der Waals surface area contributed by atoms with E-state index in [-0.39, 0.29) is 12.1 Å². The predicted octanol–water partition coefficient (Wildman–Crippen LogP) is 4.16. The second-order valence-corrected chi connectivity index (χ2v) is 6.45. The van der Waals surface area contributed by atoms with Crippen LogP contribution in [0, 0.1) is 6.92 Å². The molecule has 0 aliphatic heterocycles. The number of pyridine rings is 1. The van der Waals surface area contributed by atoms with E-state index >= 15 is 0 Å². The molecule has 7 heteroatoms. The number of nitrogens with one attached hydrogen (secondary N) is 1. The van der Waals surface area contributed by atoms with Crippen LogP contribution in [0.1, 0.15) is 24.2 Å². The Balaban J connectivity index is 1.79. The second-order valence-electron chi connectivity index (χ2n) is 6.04. The fraction of sp³-hybridized carbons (Fsp3) is 0.278. The van der Waals surface area contributed by atoms with Gasteiger partial charge in [0.25, 0.3) is 0 Å². The van der Waals surface area contributed by atoms with E-state index in [1.54, 1.807) is 22.8 Å². The van der Waals surface area contributed by atoms with E-state index in [2.05, 4.69) is 15.4 Å². The molecule has 0 radical (unpaired) electrons. The van der Waals surface area contributed by atoms with Gasteiger partial charge in [-0.1, -0.05) is 29.8 Å². The summed E-state index contributed by atoms with van der Waals surface area (Å²) in [5, 5.41) is 8.79. The Morgan fingerprint density at radius 2 is 2.08 bits per heavy atom. The highest BCUT2D eigenvalue weighted by atomic mass is 35.5. The molecule has 0 saturated heterocycles. The normalized spacial score (nSPS) is 12.2. The molecule has 25 heavy (non-hydrogen) atoms. The van der Waals surface area contributed by atoms with Gasteiger partial charge in [-0.25, -0.2) is 9.78 Å². The summed E-state index contributed by atoms with van der Waals surface area (Å²) < 4.78 is 1.72. The number of aromatic nitrogens is 3. The Kier molecular flexibility index (Phi) is 4.63. The molecule has 0 aliphatic rings. The molecule has 0 bridgehead atoms. The lowest BCUT2D eigenvalue weighted by molar-refractivity contribution is 0.208. The lowest BCUT2D eigenvalue weighted by atomic mass is 10.1. The van der Waals surface area contributed by atoms with Crippen molar-refractivity contribution in [1.82, 2.24) is 19.7 Å². The summed E-state index contributed by atoms with van der Waals surface area (Å²) in [5.74, 6) is 0. The van der Waals surface area contributed by atoms with Crippen molar-refractivity contribution in [2.45, 2.75) is 19.9 Å². The van der Waals surface area contributed by atoms with Crippen LogP contribution in [-0.2, 0) is 7.05 Å². The lowest BCUT2D eigenvalue weighted by Gasteiger charge is -2.26. The van der Waals surface area contributed by atoms with Gasteiger partial charge in [-0.2, -0.15) is 5.10 Å². The minimum absolute atomic E-state index is 0.162. The first-order valence-corrected chi connectivity index (χ1v) is 8.34. The third-order valence-corrected chi connectivity index (χ3v) is 4.72. The zero-order chi connectivity index (χ0) is 18.1. The number of urea groups is 1. The fourth-order valence-corrected chi connectivity index (χ4v) is 3.08. The monoisotopic (exact) mass is 357 g/mol. The van der Waals surface area contributed by atoms with Gasteiger partial charge in [0, 0.05) is 24.5 Å². The van der Waals surface area contributed by atoms with Crippen molar-refractivity contribution in [3.05, 3.63) is 52.8 Å². The Labute approximate surface area is 151 Å². The number of hydrogen-bond acceptors (Lipinski definition) is 3. The van der Waals surface area contributed by atoms with E-state index in [4.69, 9.17) is 11.6 Å². The van der Waals surface area contributed by atoms with Crippen molar-refractivity contribution in [3.63, 3.8) is 0 Å². The maximum absolute atomic E-state index is 12.6. The molecule has 1 N–H and O–H groups in total. The minimum atomic E-state index is -0.227. The average Bonchev–Trinajstić information content (AvgIpc) is 2.88. The predicted molar refractivity (Wildman–Crippen MR) is 99.9 cm³/mol. The number of rotatable bonds is 3. The Bertz CT molecular complexity index is 936. The Morgan fingerprint density at radius 1 is 1.36 bits per heavy atom. The molecule has 2 aromatic heterocycles. The van der Waals surface area contributed by atoms with Gasteiger partial charge in [0.05, 0.1) is 23.6 Å². The van der Waals surface area contributed by atoms with Gasteiger partial charge in [0.15, 0.2) is 5.65 Å². The van der Waals surface area contributed by atoms with Crippen LogP contribution in [0.4, 0.5) is 10.5 Å². The molecule has 1 unspecified atom stereocenters. The minimum Gasteiger partial charge on any atom is -0.321 e. The van der Waals surface area contributed by atoms with Crippen molar-refractivity contribution in [1.29, 1.82) is 0 Å². The summed E-state index contributed by atoms with van der Waals surface area (Å²) in [5.41, 5.74) is 3.19. The Morgan fingerprint density at radius 3 is 2.80 bits per heavy atom. The molecular formula is C18H20ClN5O. The summed E-state index contributed by atoms with van der Waals surface area (Å²) in [6.07, 6.45) is 1.63. The van der Waals surface area contributed by atoms with E-state index in [0.29, 0.717) is 10.7 Å². The smallest absolute Gasteiger partial charge is 0.321 e. The maximum atomic E-state index is 12.6. The van der Waals surface area contributed by atoms with Crippen LogP contribution in [0.15, 0.2) is 36.5 Å². The van der Waals surface area contributed by atoms with Crippen LogP contribution in [0.2, 0.25) is 5.02 Å². The molecule has 6 nitrogen and oxygen atoms in total. The lowest BCUT2D eigenvalue weighted by Crippen LogP contribution is -2.33. The van der Waals surface area contributed by atoms with Crippen LogP contribution in [-0.4, -0.2) is 32.7 Å². The molecular weight excluding hydrogens is 338 g/mol. The fourth-order valence-electron chi connectivity index (χ4n) is 2.79. The van der Waals surface area contributed by atoms with E-state index in [0.717, 1.165) is 22.3 Å². The summed E-state index contributed by atoms with van der Waals surface area (Å²) in [7, 11) is 3.59. The van der Waals surface area contributed by atoms with Crippen molar-refractivity contribution in [2.75, 3.05) is 12.4 Å². The Hall–Kier alpha value is -2.60. The maximum Gasteiger partial charge on any atom is 0.322 e. The topological polar surface area (TPSA) is 63.1 Å². The highest BCUT2D eigenvalue weighted by Gasteiger charge is 2.19. The number of carbonyl (C=O) groups excluding carboxylic acids is 1. The summed E-state index contributed by atoms with van der Waals surface area (Å²) in [6, 6.07) is 9.02. The number of aryl methyl sites for hydroxylation is 2. The summed E-state index contributed by atoms with van der Waals surface area (Å²) in [4.78, 5) is 18.6. The second kappa shape index (κ2) is 6.72. The molecule has 2 amide bonds. The molecule has 3 rings (SSSR count). The van der Waals surface area contributed by atoms with Crippen LogP contribution in [0.25, 0.3) is 11.0 Å². The molecule has 0 saturated carbocycles. The summed E-state index contributed by atoms with van der Waals surface area (Å²) in [6.45, 7) is 3.86. The van der Waals surface area contributed by atoms with Gasteiger partial charge in [0.2, 0.25) is 0 Å². The van der Waals surface area contributed by atoms with Crippen LogP contribution in [0.3, 0.4) is 0 Å². The standard InChI is InChI=1S/C18H20ClN5O/c1-11-15-9-13(10-20-17(15)24(4)22-11)21-18(25)23(3)12(2)14-7-5-6-8-16(14)19/h5-10,12H,1-4H3,(H,21,25). The molecule has 2 heterocycles. The van der Waals surface area contributed by atoms with Crippen molar-refractivity contribution in [3.8, 4) is 0 Å². The molecule has 3 aromatic rings. The quantitative estimate of drug-likeness (QED) is 0.765. The number of fused-ring (bicyclic) bond motifs is 1. The number of hydrogen-bond donors (Lipinski definition) is 1. The van der Waals surface area contributed by atoms with E-state index in [9.17, 15) is 4.79 Å². The number of benzene rings is 1. The van der Waals surface area contributed by atoms with Crippen LogP contribution < -0.4 is 5.32 Å². The first-order chi connectivity index (χ1) is 11.9. The molecule has 0 spiro atoms. The SMILES string of the molecule is Cc1nn(C)c2ncc(NC(=O)N(C)C(C)c3ccccc3Cl)cc12. The number of anilines is 1. The van der Waals surface area contributed by atoms with E-state index in [1.807, 2.05) is 51.2 Å². The van der Waals surface area contributed by atoms with E-state index < -0.39 is 0 Å². The van der Waals surface area contributed by atoms with Crippen molar-refractivity contribution in [2.24, 2.45) is 7.05 Å². The van der Waals surface area contributed by atoms with Crippen molar-refractivity contribution >= 4 is 34.4 Å². The van der Waals surface area contributed by atoms with Gasteiger partial charge in [-0.15, -0.1) is 0 Å². The molecule has 1 aromatic carbocycles. The number of amides is 2. The molecule has 0 fully saturated rings. The van der Waals surface area contributed by atoms with Crippen molar-refractivity contribution < 1.29 is 4.79 Å². The van der Waals surface area contributed by atoms with Gasteiger partial charge < -0.3 is 10.2 Å². The summed E-state index contributed by atoms with van der Waals surface area (Å²) >= 11 is 6.24. The number of carbonyl (C=O) groups is 1. The first-order valence-electron chi connectivity index (χ1n) is 7.96. The van der Waals surface area contributed by atoms with Gasteiger partial charge >= 0.3 is 6.03 Å². The van der Waals surface area contributed by atoms with Crippen LogP contribution in [0.5, 0.6) is 0 Å². The van der Waals surface area contributed by atoms with Gasteiger partial charge in [-0.05, 0) is 31.5 Å². The average molecular weight is 358 g/mol. The molecule has 130 valence electrons. The first kappa shape index (κ1) is 17.2. The highest BCUT2D eigenvalue weighted by molar-refractivity contribution is 6.31. The van der Waals surface area contributed by atoms with Gasteiger partial charge in [0.1, 0.15) is 0 Å². The zero-order valence-corrected chi connectivity index (χ0v) is 15.4. The largest absolute Gasteiger partial charge is 0.322 e. The molecule has 0 aliphatic carbocycles. The number of halogens is 1. The third kappa shape index (κ3) is 3.30. The third-order valence-electron chi connectivity index (χ3n) is 4.37. The number of nitrogens with zero attached hydrogens (tertiary/aromatic N) is 4. The highest BCUT2D eigenvalue weighted by Crippen LogP contribution is 2.27. The molecule has 1 atom stereocenters. The van der Waals surface area contributed by atoms with Gasteiger partial charge in [-0.3, -0.25) is 4.68 Å².